The number of nitrogens with zero attached hydrogens (tertiary/aromatic N) is 2. The van der Waals surface area contributed by atoms with Gasteiger partial charge in [0.2, 0.25) is 0 Å². The van der Waals surface area contributed by atoms with Crippen LogP contribution < -0.4 is 11.1 Å². The number of hydrogen-bond acceptors (Lipinski definition) is 3. The second kappa shape index (κ2) is 6.40. The monoisotopic (exact) mass is 226 g/mol. The zero-order valence-electron chi connectivity index (χ0n) is 9.23. The van der Waals surface area contributed by atoms with Gasteiger partial charge in [0.05, 0.1) is 5.01 Å². The molecular formula is C10H18N4S. The summed E-state index contributed by atoms with van der Waals surface area (Å²) >= 11 is 1.65. The predicted octanol–water partition coefficient (Wildman–Crippen LogP) is 1.39. The Morgan fingerprint density at radius 1 is 1.73 bits per heavy atom. The number of aromatic nitrogens is 1. The van der Waals surface area contributed by atoms with E-state index in [2.05, 4.69) is 29.1 Å². The van der Waals surface area contributed by atoms with Crippen molar-refractivity contribution in [1.29, 1.82) is 0 Å². The molecule has 0 amide bonds. The number of aliphatic imine (C=N–C) groups is 1. The van der Waals surface area contributed by atoms with E-state index >= 15 is 0 Å². The van der Waals surface area contributed by atoms with E-state index in [0.717, 1.165) is 17.8 Å². The maximum absolute atomic E-state index is 5.71. The Balaban J connectivity index is 2.25. The number of nitrogens with two attached hydrogens (primary N) is 1. The van der Waals surface area contributed by atoms with E-state index < -0.39 is 0 Å². The summed E-state index contributed by atoms with van der Waals surface area (Å²) in [5.41, 5.74) is 5.71. The molecule has 0 spiro atoms. The van der Waals surface area contributed by atoms with E-state index in [1.54, 1.807) is 11.3 Å². The highest BCUT2D eigenvalue weighted by atomic mass is 32.1. The van der Waals surface area contributed by atoms with Crippen molar-refractivity contribution in [2.45, 2.75) is 32.7 Å². The highest BCUT2D eigenvalue weighted by Crippen LogP contribution is 2.04. The summed E-state index contributed by atoms with van der Waals surface area (Å²) < 4.78 is 0. The Labute approximate surface area is 94.6 Å². The number of nitrogens with one attached hydrogen (secondary N) is 1. The van der Waals surface area contributed by atoms with Crippen molar-refractivity contribution < 1.29 is 0 Å². The number of rotatable bonds is 5. The molecule has 0 aliphatic heterocycles. The van der Waals surface area contributed by atoms with Crippen LogP contribution in [0.1, 0.15) is 25.3 Å². The van der Waals surface area contributed by atoms with Gasteiger partial charge >= 0.3 is 0 Å². The summed E-state index contributed by atoms with van der Waals surface area (Å²) in [5.74, 6) is 0.529. The smallest absolute Gasteiger partial charge is 0.188 e. The summed E-state index contributed by atoms with van der Waals surface area (Å²) in [7, 11) is 0. The minimum Gasteiger partial charge on any atom is -0.370 e. The highest BCUT2D eigenvalue weighted by molar-refractivity contribution is 7.09. The molecule has 1 aromatic rings. The summed E-state index contributed by atoms with van der Waals surface area (Å²) in [6.45, 7) is 4.90. The normalized spacial score (nSPS) is 13.9. The van der Waals surface area contributed by atoms with Gasteiger partial charge in [-0.3, -0.25) is 4.99 Å². The van der Waals surface area contributed by atoms with Gasteiger partial charge in [0, 0.05) is 30.6 Å². The Morgan fingerprint density at radius 3 is 3.13 bits per heavy atom. The molecule has 1 rings (SSSR count). The molecule has 0 aliphatic carbocycles. The summed E-state index contributed by atoms with van der Waals surface area (Å²) in [6, 6.07) is 0.383. The fourth-order valence-electron chi connectivity index (χ4n) is 1.05. The minimum absolute atomic E-state index is 0.383. The Bertz CT molecular complexity index is 294. The molecule has 0 radical (unpaired) electrons. The molecule has 4 nitrogen and oxygen atoms in total. The predicted molar refractivity (Wildman–Crippen MR) is 65.2 cm³/mol. The molecule has 1 aromatic heterocycles. The lowest BCUT2D eigenvalue weighted by molar-refractivity contribution is 0.636. The first-order valence-electron chi connectivity index (χ1n) is 5.17. The third-order valence-electron chi connectivity index (χ3n) is 2.10. The van der Waals surface area contributed by atoms with Crippen molar-refractivity contribution >= 4 is 17.3 Å². The van der Waals surface area contributed by atoms with E-state index in [9.17, 15) is 0 Å². The quantitative estimate of drug-likeness (QED) is 0.589. The SMILES string of the molecule is CC[C@@H](C)NC(N)=NCCc1nccs1. The second-order valence-corrected chi connectivity index (χ2v) is 4.38. The third-order valence-corrected chi connectivity index (χ3v) is 2.94. The lowest BCUT2D eigenvalue weighted by Gasteiger charge is -2.11. The van der Waals surface area contributed by atoms with E-state index in [4.69, 9.17) is 5.73 Å². The van der Waals surface area contributed by atoms with Crippen LogP contribution in [0.15, 0.2) is 16.6 Å². The van der Waals surface area contributed by atoms with Crippen LogP contribution in [0.5, 0.6) is 0 Å². The van der Waals surface area contributed by atoms with Crippen molar-refractivity contribution in [2.24, 2.45) is 10.7 Å². The van der Waals surface area contributed by atoms with Gasteiger partial charge in [-0.2, -0.15) is 0 Å². The van der Waals surface area contributed by atoms with Crippen LogP contribution in [0.4, 0.5) is 0 Å². The molecule has 0 saturated heterocycles. The lowest BCUT2D eigenvalue weighted by atomic mass is 10.3. The van der Waals surface area contributed by atoms with Crippen LogP contribution in [0.3, 0.4) is 0 Å². The summed E-state index contributed by atoms with van der Waals surface area (Å²) in [5, 5.41) is 6.20. The van der Waals surface area contributed by atoms with Crippen molar-refractivity contribution in [3.05, 3.63) is 16.6 Å². The molecule has 1 atom stereocenters. The van der Waals surface area contributed by atoms with Crippen molar-refractivity contribution in [3.63, 3.8) is 0 Å². The van der Waals surface area contributed by atoms with E-state index in [-0.39, 0.29) is 0 Å². The van der Waals surface area contributed by atoms with Crippen LogP contribution in [0, 0.1) is 0 Å². The Morgan fingerprint density at radius 2 is 2.53 bits per heavy atom. The van der Waals surface area contributed by atoms with Crippen LogP contribution in [0.25, 0.3) is 0 Å². The van der Waals surface area contributed by atoms with E-state index in [1.165, 1.54) is 0 Å². The van der Waals surface area contributed by atoms with Crippen LogP contribution in [-0.2, 0) is 6.42 Å². The largest absolute Gasteiger partial charge is 0.370 e. The molecule has 0 aliphatic rings. The first-order valence-corrected chi connectivity index (χ1v) is 6.05. The molecule has 3 N–H and O–H groups in total. The van der Waals surface area contributed by atoms with Gasteiger partial charge in [-0.1, -0.05) is 6.92 Å². The fourth-order valence-corrected chi connectivity index (χ4v) is 1.66. The molecule has 15 heavy (non-hydrogen) atoms. The van der Waals surface area contributed by atoms with Gasteiger partial charge in [-0.05, 0) is 13.3 Å². The summed E-state index contributed by atoms with van der Waals surface area (Å²) in [6.07, 6.45) is 3.72. The van der Waals surface area contributed by atoms with Gasteiger partial charge in [0.25, 0.3) is 0 Å². The zero-order valence-corrected chi connectivity index (χ0v) is 10.0. The number of guanidine groups is 1. The van der Waals surface area contributed by atoms with Crippen LogP contribution >= 0.6 is 11.3 Å². The molecule has 0 unspecified atom stereocenters. The van der Waals surface area contributed by atoms with Gasteiger partial charge in [-0.15, -0.1) is 11.3 Å². The van der Waals surface area contributed by atoms with Gasteiger partial charge in [0.1, 0.15) is 0 Å². The first kappa shape index (κ1) is 12.0. The number of thiazole rings is 1. The molecule has 84 valence electrons. The topological polar surface area (TPSA) is 63.3 Å². The van der Waals surface area contributed by atoms with Gasteiger partial charge < -0.3 is 11.1 Å². The van der Waals surface area contributed by atoms with Crippen molar-refractivity contribution in [2.75, 3.05) is 6.54 Å². The van der Waals surface area contributed by atoms with E-state index in [0.29, 0.717) is 18.5 Å². The van der Waals surface area contributed by atoms with Gasteiger partial charge in [0.15, 0.2) is 5.96 Å². The van der Waals surface area contributed by atoms with E-state index in [1.807, 2.05) is 11.6 Å². The third kappa shape index (κ3) is 4.78. The lowest BCUT2D eigenvalue weighted by Crippen LogP contribution is -2.38. The maximum Gasteiger partial charge on any atom is 0.188 e. The molecule has 0 bridgehead atoms. The zero-order chi connectivity index (χ0) is 11.1. The molecule has 5 heteroatoms. The average molecular weight is 226 g/mol. The minimum atomic E-state index is 0.383. The van der Waals surface area contributed by atoms with Crippen LogP contribution in [-0.4, -0.2) is 23.5 Å². The first-order chi connectivity index (χ1) is 7.22. The van der Waals surface area contributed by atoms with Crippen molar-refractivity contribution in [3.8, 4) is 0 Å². The molecular weight excluding hydrogens is 208 g/mol. The standard InChI is InChI=1S/C10H18N4S/c1-3-8(2)14-10(11)13-5-4-9-12-6-7-15-9/h6-8H,3-5H2,1-2H3,(H3,11,13,14)/t8-/m1/s1. The van der Waals surface area contributed by atoms with Crippen molar-refractivity contribution in [1.82, 2.24) is 10.3 Å². The highest BCUT2D eigenvalue weighted by Gasteiger charge is 1.99. The summed E-state index contributed by atoms with van der Waals surface area (Å²) in [4.78, 5) is 8.42. The van der Waals surface area contributed by atoms with Gasteiger partial charge in [-0.25, -0.2) is 4.98 Å². The molecule has 0 saturated carbocycles. The Kier molecular flexibility index (Phi) is 5.10. The fraction of sp³-hybridized carbons (Fsp3) is 0.600. The number of hydrogen-bond donors (Lipinski definition) is 2. The molecule has 1 heterocycles. The Hall–Kier alpha value is -1.10. The maximum atomic E-state index is 5.71. The van der Waals surface area contributed by atoms with Crippen LogP contribution in [0.2, 0.25) is 0 Å². The second-order valence-electron chi connectivity index (χ2n) is 3.40. The molecule has 0 fully saturated rings. The molecule has 0 aromatic carbocycles. The average Bonchev–Trinajstić information content (AvgIpc) is 2.70.